The fraction of sp³-hybridized carbons (Fsp3) is 0.250. The van der Waals surface area contributed by atoms with Crippen LogP contribution in [-0.4, -0.2) is 27.1 Å². The Morgan fingerprint density at radius 3 is 2.93 bits per heavy atom. The summed E-state index contributed by atoms with van der Waals surface area (Å²) in [5.74, 6) is 0.977. The fourth-order valence-electron chi connectivity index (χ4n) is 2.89. The minimum Gasteiger partial charge on any atom is -0.462 e. The van der Waals surface area contributed by atoms with Crippen molar-refractivity contribution in [1.82, 2.24) is 14.5 Å². The number of rotatable bonds is 7. The summed E-state index contributed by atoms with van der Waals surface area (Å²) in [4.78, 5) is 22.3. The number of esters is 1. The smallest absolute Gasteiger partial charge is 0.338 e. The third-order valence-corrected chi connectivity index (χ3v) is 6.04. The van der Waals surface area contributed by atoms with Gasteiger partial charge in [-0.05, 0) is 43.5 Å². The lowest BCUT2D eigenvalue weighted by Crippen LogP contribution is -2.04. The first-order valence-electron chi connectivity index (χ1n) is 8.98. The van der Waals surface area contributed by atoms with Crippen LogP contribution in [0.5, 0.6) is 0 Å². The van der Waals surface area contributed by atoms with Gasteiger partial charge in [0, 0.05) is 12.3 Å². The third kappa shape index (κ3) is 3.70. The number of benzene rings is 1. The molecule has 0 saturated carbocycles. The number of ether oxygens (including phenoxy) is 1. The molecule has 0 bridgehead atoms. The number of fused-ring (bicyclic) bond motifs is 1. The molecule has 0 aliphatic carbocycles. The molecule has 0 amide bonds. The molecule has 0 fully saturated rings. The average molecular weight is 414 g/mol. The van der Waals surface area contributed by atoms with Gasteiger partial charge in [-0.3, -0.25) is 0 Å². The van der Waals surface area contributed by atoms with Gasteiger partial charge >= 0.3 is 5.97 Å². The number of aromatic nitrogens is 3. The van der Waals surface area contributed by atoms with E-state index in [9.17, 15) is 4.79 Å². The molecule has 28 heavy (non-hydrogen) atoms. The lowest BCUT2D eigenvalue weighted by molar-refractivity contribution is 0.0526. The Hall–Kier alpha value is -2.58. The Bertz CT molecular complexity index is 1100. The van der Waals surface area contributed by atoms with Crippen LogP contribution in [0.3, 0.4) is 0 Å². The molecule has 0 aliphatic rings. The summed E-state index contributed by atoms with van der Waals surface area (Å²) in [7, 11) is 0. The van der Waals surface area contributed by atoms with Gasteiger partial charge in [0.15, 0.2) is 5.16 Å². The summed E-state index contributed by atoms with van der Waals surface area (Å²) >= 11 is 3.20. The van der Waals surface area contributed by atoms with Crippen molar-refractivity contribution in [2.24, 2.45) is 0 Å². The molecular formula is C20H19N3O3S2. The molecule has 4 aromatic rings. The van der Waals surface area contributed by atoms with Gasteiger partial charge in [-0.25, -0.2) is 14.8 Å². The molecule has 0 atom stereocenters. The van der Waals surface area contributed by atoms with Crippen LogP contribution in [0.4, 0.5) is 0 Å². The molecule has 144 valence electrons. The molecule has 3 aromatic heterocycles. The van der Waals surface area contributed by atoms with E-state index in [1.54, 1.807) is 48.4 Å². The summed E-state index contributed by atoms with van der Waals surface area (Å²) in [5, 5.41) is 2.89. The number of carbonyl (C=O) groups excluding carboxylic acids is 1. The van der Waals surface area contributed by atoms with Crippen molar-refractivity contribution in [3.05, 3.63) is 53.2 Å². The number of hydrogen-bond acceptors (Lipinski definition) is 7. The molecule has 0 spiro atoms. The Morgan fingerprint density at radius 2 is 2.18 bits per heavy atom. The second-order valence-electron chi connectivity index (χ2n) is 5.97. The van der Waals surface area contributed by atoms with E-state index in [-0.39, 0.29) is 5.97 Å². The molecule has 8 heteroatoms. The molecule has 0 aliphatic heterocycles. The van der Waals surface area contributed by atoms with E-state index in [1.807, 2.05) is 23.6 Å². The van der Waals surface area contributed by atoms with E-state index in [0.717, 1.165) is 33.3 Å². The lowest BCUT2D eigenvalue weighted by atomic mass is 10.2. The normalized spacial score (nSPS) is 11.2. The van der Waals surface area contributed by atoms with Crippen LogP contribution < -0.4 is 0 Å². The highest BCUT2D eigenvalue weighted by Crippen LogP contribution is 2.29. The summed E-state index contributed by atoms with van der Waals surface area (Å²) in [6.07, 6.45) is 1.69. The fourth-order valence-corrected chi connectivity index (χ4v) is 4.50. The largest absolute Gasteiger partial charge is 0.462 e. The van der Waals surface area contributed by atoms with Crippen LogP contribution in [0.2, 0.25) is 0 Å². The van der Waals surface area contributed by atoms with Gasteiger partial charge in [0.05, 0.1) is 33.8 Å². The first-order valence-corrected chi connectivity index (χ1v) is 10.8. The second kappa shape index (κ2) is 8.20. The second-order valence-corrected chi connectivity index (χ2v) is 7.86. The molecule has 0 radical (unpaired) electrons. The third-order valence-electron chi connectivity index (χ3n) is 4.17. The van der Waals surface area contributed by atoms with Gasteiger partial charge in [0.1, 0.15) is 6.26 Å². The maximum absolute atomic E-state index is 12.0. The Kier molecular flexibility index (Phi) is 5.50. The van der Waals surface area contributed by atoms with E-state index in [0.29, 0.717) is 23.8 Å². The zero-order valence-electron chi connectivity index (χ0n) is 15.5. The van der Waals surface area contributed by atoms with Crippen LogP contribution in [-0.2, 0) is 17.0 Å². The number of oxazole rings is 1. The predicted octanol–water partition coefficient (Wildman–Crippen LogP) is 5.24. The van der Waals surface area contributed by atoms with Crippen LogP contribution >= 0.6 is 23.1 Å². The van der Waals surface area contributed by atoms with Crippen LogP contribution in [0.1, 0.15) is 29.9 Å². The highest BCUT2D eigenvalue weighted by Gasteiger charge is 2.15. The number of thioether (sulfide) groups is 1. The molecule has 1 aromatic carbocycles. The van der Waals surface area contributed by atoms with Crippen LogP contribution in [0, 0.1) is 0 Å². The monoisotopic (exact) mass is 413 g/mol. The zero-order chi connectivity index (χ0) is 19.5. The van der Waals surface area contributed by atoms with Crippen molar-refractivity contribution < 1.29 is 13.9 Å². The number of nitrogens with zero attached hydrogens (tertiary/aromatic N) is 3. The van der Waals surface area contributed by atoms with Gasteiger partial charge in [-0.1, -0.05) is 17.8 Å². The van der Waals surface area contributed by atoms with Crippen LogP contribution in [0.15, 0.2) is 51.5 Å². The Balaban J connectivity index is 1.55. The van der Waals surface area contributed by atoms with Gasteiger partial charge in [0.2, 0.25) is 5.89 Å². The Labute approximate surface area is 170 Å². The van der Waals surface area contributed by atoms with Crippen molar-refractivity contribution in [2.45, 2.75) is 31.3 Å². The highest BCUT2D eigenvalue weighted by atomic mass is 32.2. The average Bonchev–Trinajstić information content (AvgIpc) is 3.44. The van der Waals surface area contributed by atoms with E-state index in [2.05, 4.69) is 16.5 Å². The van der Waals surface area contributed by atoms with Gasteiger partial charge in [-0.15, -0.1) is 11.3 Å². The van der Waals surface area contributed by atoms with E-state index in [4.69, 9.17) is 14.1 Å². The molecule has 4 rings (SSSR count). The summed E-state index contributed by atoms with van der Waals surface area (Å²) < 4.78 is 12.8. The van der Waals surface area contributed by atoms with E-state index >= 15 is 0 Å². The van der Waals surface area contributed by atoms with Crippen molar-refractivity contribution in [1.29, 1.82) is 0 Å². The van der Waals surface area contributed by atoms with Gasteiger partial charge < -0.3 is 13.7 Å². The standard InChI is InChI=1S/C20H19N3O3S2/c1-3-23-16-8-7-13(19(24)25-4-2)10-15(16)22-20(23)28-12-14-11-26-18(21-14)17-6-5-9-27-17/h5-11H,3-4,12H2,1-2H3. The van der Waals surface area contributed by atoms with E-state index < -0.39 is 0 Å². The minimum atomic E-state index is -0.326. The topological polar surface area (TPSA) is 70.2 Å². The SMILES string of the molecule is CCOC(=O)c1ccc2c(c1)nc(SCc1coc(-c3cccs3)n1)n2CC. The predicted molar refractivity (Wildman–Crippen MR) is 111 cm³/mol. The number of carbonyl (C=O) groups is 1. The minimum absolute atomic E-state index is 0.326. The first-order chi connectivity index (χ1) is 13.7. The molecule has 0 unspecified atom stereocenters. The van der Waals surface area contributed by atoms with E-state index in [1.165, 1.54) is 0 Å². The maximum Gasteiger partial charge on any atom is 0.338 e. The molecular weight excluding hydrogens is 394 g/mol. The van der Waals surface area contributed by atoms with Gasteiger partial charge in [-0.2, -0.15) is 0 Å². The van der Waals surface area contributed by atoms with Gasteiger partial charge in [0.25, 0.3) is 0 Å². The molecule has 3 heterocycles. The number of aryl methyl sites for hydroxylation is 1. The highest BCUT2D eigenvalue weighted by molar-refractivity contribution is 7.98. The van der Waals surface area contributed by atoms with Crippen molar-refractivity contribution in [3.63, 3.8) is 0 Å². The number of thiophene rings is 1. The van der Waals surface area contributed by atoms with Crippen molar-refractivity contribution in [2.75, 3.05) is 6.61 Å². The van der Waals surface area contributed by atoms with Crippen molar-refractivity contribution >= 4 is 40.1 Å². The quantitative estimate of drug-likeness (QED) is 0.305. The summed E-state index contributed by atoms with van der Waals surface area (Å²) in [6, 6.07) is 9.47. The summed E-state index contributed by atoms with van der Waals surface area (Å²) in [5.41, 5.74) is 3.17. The maximum atomic E-state index is 12.0. The first kappa shape index (κ1) is 18.8. The number of hydrogen-bond donors (Lipinski definition) is 0. The summed E-state index contributed by atoms with van der Waals surface area (Å²) in [6.45, 7) is 5.02. The molecule has 0 saturated heterocycles. The van der Waals surface area contributed by atoms with Crippen LogP contribution in [0.25, 0.3) is 21.8 Å². The number of imidazole rings is 1. The Morgan fingerprint density at radius 1 is 1.29 bits per heavy atom. The zero-order valence-corrected chi connectivity index (χ0v) is 17.2. The van der Waals surface area contributed by atoms with Crippen molar-refractivity contribution in [3.8, 4) is 10.8 Å². The lowest BCUT2D eigenvalue weighted by Gasteiger charge is -2.05. The molecule has 6 nitrogen and oxygen atoms in total. The molecule has 0 N–H and O–H groups in total.